The average Bonchev–Trinajstić information content (AvgIpc) is 3.23. The maximum absolute atomic E-state index is 12.7. The number of hydrogen-bond acceptors (Lipinski definition) is 8. The lowest BCUT2D eigenvalue weighted by atomic mass is 10.0. The number of quaternary nitrogens is 1. The Hall–Kier alpha value is -2.55. The van der Waals surface area contributed by atoms with Crippen molar-refractivity contribution in [3.63, 3.8) is 0 Å². The molecule has 0 amide bonds. The fraction of sp³-hybridized carbons (Fsp3) is 0.731. The minimum absolute atomic E-state index is 0.0444. The van der Waals surface area contributed by atoms with E-state index >= 15 is 0 Å². The van der Waals surface area contributed by atoms with Crippen LogP contribution in [0.2, 0.25) is 0 Å². The van der Waals surface area contributed by atoms with Crippen LogP contribution < -0.4 is 4.89 Å². The predicted octanol–water partition coefficient (Wildman–Crippen LogP) is 13.9. The molecule has 0 aliphatic carbocycles. The minimum atomic E-state index is -4.65. The first-order chi connectivity index (χ1) is 30.0. The molecule has 0 fully saturated rings. The van der Waals surface area contributed by atoms with Crippen LogP contribution in [0.25, 0.3) is 0 Å². The Bertz CT molecular complexity index is 1280. The molecule has 358 valence electrons. The first-order valence-corrected chi connectivity index (χ1v) is 26.1. The van der Waals surface area contributed by atoms with Crippen molar-refractivity contribution in [3.05, 3.63) is 72.9 Å². The SMILES string of the molecule is CC/C=C\C/C=C\C/C=C\C/C=C\C/C=C\CCCC(=O)O[C@H](COC(=O)CCCCCCCCCCCCC/C=C\CCCCCCCC)COP(=O)([O-])OCC[N+](C)(C)C. The van der Waals surface area contributed by atoms with Crippen molar-refractivity contribution >= 4 is 19.8 Å². The first-order valence-electron chi connectivity index (χ1n) is 24.6. The highest BCUT2D eigenvalue weighted by Crippen LogP contribution is 2.38. The van der Waals surface area contributed by atoms with Crippen LogP contribution in [0, 0.1) is 0 Å². The summed E-state index contributed by atoms with van der Waals surface area (Å²) in [5.74, 6) is -0.905. The van der Waals surface area contributed by atoms with Crippen LogP contribution in [-0.4, -0.2) is 70.0 Å². The monoisotopic (exact) mass is 890 g/mol. The van der Waals surface area contributed by atoms with E-state index in [2.05, 4.69) is 80.7 Å². The van der Waals surface area contributed by atoms with Gasteiger partial charge in [0.2, 0.25) is 0 Å². The molecule has 0 aliphatic heterocycles. The zero-order valence-electron chi connectivity index (χ0n) is 40.3. The summed E-state index contributed by atoms with van der Waals surface area (Å²) in [5, 5.41) is 0. The highest BCUT2D eigenvalue weighted by molar-refractivity contribution is 7.45. The third-order valence-electron chi connectivity index (χ3n) is 10.2. The Morgan fingerprint density at radius 3 is 1.44 bits per heavy atom. The summed E-state index contributed by atoms with van der Waals surface area (Å²) < 4.78 is 33.9. The molecule has 0 heterocycles. The van der Waals surface area contributed by atoms with Gasteiger partial charge in [0.15, 0.2) is 6.10 Å². The lowest BCUT2D eigenvalue weighted by molar-refractivity contribution is -0.870. The second-order valence-electron chi connectivity index (χ2n) is 17.4. The molecule has 0 aliphatic rings. The first kappa shape index (κ1) is 59.5. The number of rotatable bonds is 44. The fourth-order valence-corrected chi connectivity index (χ4v) is 7.12. The van der Waals surface area contributed by atoms with E-state index in [0.717, 1.165) is 51.4 Å². The van der Waals surface area contributed by atoms with E-state index < -0.39 is 32.5 Å². The van der Waals surface area contributed by atoms with Crippen LogP contribution in [0.3, 0.4) is 0 Å². The molecule has 0 saturated carbocycles. The molecule has 10 heteroatoms. The molecule has 0 aromatic heterocycles. The maximum Gasteiger partial charge on any atom is 0.306 e. The molecular weight excluding hydrogens is 798 g/mol. The summed E-state index contributed by atoms with van der Waals surface area (Å²) in [5.41, 5.74) is 0. The van der Waals surface area contributed by atoms with Gasteiger partial charge < -0.3 is 27.9 Å². The molecule has 2 atom stereocenters. The second-order valence-corrected chi connectivity index (χ2v) is 18.9. The number of allylic oxidation sites excluding steroid dienone is 12. The average molecular weight is 890 g/mol. The summed E-state index contributed by atoms with van der Waals surface area (Å²) in [7, 11) is 1.12. The Balaban J connectivity index is 4.34. The Morgan fingerprint density at radius 1 is 0.516 bits per heavy atom. The molecular formula is C52H92NO8P. The lowest BCUT2D eigenvalue weighted by Crippen LogP contribution is -2.37. The van der Waals surface area contributed by atoms with Gasteiger partial charge in [-0.15, -0.1) is 0 Å². The second kappa shape index (κ2) is 43.7. The van der Waals surface area contributed by atoms with Crippen LogP contribution in [0.1, 0.15) is 194 Å². The number of carbonyl (C=O) groups excluding carboxylic acids is 2. The Morgan fingerprint density at radius 2 is 0.935 bits per heavy atom. The van der Waals surface area contributed by atoms with E-state index in [1.165, 1.54) is 103 Å². The minimum Gasteiger partial charge on any atom is -0.756 e. The molecule has 1 unspecified atom stereocenters. The van der Waals surface area contributed by atoms with Gasteiger partial charge in [0.1, 0.15) is 19.8 Å². The van der Waals surface area contributed by atoms with Gasteiger partial charge in [0.25, 0.3) is 7.82 Å². The predicted molar refractivity (Wildman–Crippen MR) is 259 cm³/mol. The number of phosphoric acid groups is 1. The number of phosphoric ester groups is 1. The van der Waals surface area contributed by atoms with Crippen LogP contribution in [0.15, 0.2) is 72.9 Å². The summed E-state index contributed by atoms with van der Waals surface area (Å²) in [4.78, 5) is 37.6. The molecule has 0 saturated heterocycles. The van der Waals surface area contributed by atoms with Crippen molar-refractivity contribution in [1.82, 2.24) is 0 Å². The van der Waals surface area contributed by atoms with Crippen molar-refractivity contribution in [2.24, 2.45) is 0 Å². The van der Waals surface area contributed by atoms with Gasteiger partial charge in [-0.05, 0) is 77.0 Å². The standard InChI is InChI=1S/C52H92NO8P/c1-6-8-10-12-14-16-18-20-22-24-25-26-27-29-30-32-34-36-38-40-42-44-51(54)58-48-50(49-60-62(56,57)59-47-46-53(3,4)5)61-52(55)45-43-41-39-37-35-33-31-28-23-21-19-17-15-13-11-9-7-2/h9,11,15,17,20-23,31,33,37,39,50H,6-8,10,12-14,16,18-19,24-30,32,34-36,38,40-49H2,1-5H3/b11-9-,17-15-,22-20-,23-21-,33-31-,39-37-/t50-/m1/s1. The van der Waals surface area contributed by atoms with Crippen LogP contribution >= 0.6 is 7.82 Å². The van der Waals surface area contributed by atoms with Gasteiger partial charge in [-0.1, -0.05) is 177 Å². The number of ether oxygens (including phenoxy) is 2. The quantitative estimate of drug-likeness (QED) is 0.0195. The highest BCUT2D eigenvalue weighted by atomic mass is 31.2. The van der Waals surface area contributed by atoms with E-state index in [9.17, 15) is 19.0 Å². The van der Waals surface area contributed by atoms with Crippen molar-refractivity contribution in [2.75, 3.05) is 47.5 Å². The molecule has 0 aromatic rings. The fourth-order valence-electron chi connectivity index (χ4n) is 6.39. The molecule has 0 radical (unpaired) electrons. The zero-order valence-corrected chi connectivity index (χ0v) is 41.2. The summed E-state index contributed by atoms with van der Waals surface area (Å²) in [6.45, 7) is 4.05. The summed E-state index contributed by atoms with van der Waals surface area (Å²) >= 11 is 0. The molecule has 0 bridgehead atoms. The Kier molecular flexibility index (Phi) is 41.9. The van der Waals surface area contributed by atoms with Crippen molar-refractivity contribution in [2.45, 2.75) is 200 Å². The third kappa shape index (κ3) is 46.9. The smallest absolute Gasteiger partial charge is 0.306 e. The van der Waals surface area contributed by atoms with E-state index in [1.807, 2.05) is 27.2 Å². The van der Waals surface area contributed by atoms with Crippen LogP contribution in [-0.2, 0) is 32.7 Å². The van der Waals surface area contributed by atoms with Crippen molar-refractivity contribution in [3.8, 4) is 0 Å². The normalized spacial score (nSPS) is 14.1. The van der Waals surface area contributed by atoms with E-state index in [4.69, 9.17) is 18.5 Å². The topological polar surface area (TPSA) is 111 Å². The Labute approximate surface area is 380 Å². The molecule has 0 spiro atoms. The molecule has 9 nitrogen and oxygen atoms in total. The van der Waals surface area contributed by atoms with Gasteiger partial charge in [-0.2, -0.15) is 0 Å². The number of nitrogens with zero attached hydrogens (tertiary/aromatic N) is 1. The molecule has 0 rings (SSSR count). The molecule has 0 N–H and O–H groups in total. The van der Waals surface area contributed by atoms with Crippen LogP contribution in [0.5, 0.6) is 0 Å². The number of unbranched alkanes of at least 4 members (excludes halogenated alkanes) is 18. The summed E-state index contributed by atoms with van der Waals surface area (Å²) in [6.07, 6.45) is 55.1. The zero-order chi connectivity index (χ0) is 45.7. The molecule has 0 aromatic carbocycles. The van der Waals surface area contributed by atoms with Gasteiger partial charge >= 0.3 is 11.9 Å². The number of carbonyl (C=O) groups is 2. The largest absolute Gasteiger partial charge is 0.756 e. The number of hydrogen-bond donors (Lipinski definition) is 0. The number of likely N-dealkylation sites (N-methyl/N-ethyl adjacent to an activating group) is 1. The van der Waals surface area contributed by atoms with Gasteiger partial charge in [0.05, 0.1) is 27.7 Å². The van der Waals surface area contributed by atoms with Gasteiger partial charge in [-0.25, -0.2) is 0 Å². The molecule has 62 heavy (non-hydrogen) atoms. The third-order valence-corrected chi connectivity index (χ3v) is 11.2. The summed E-state index contributed by atoms with van der Waals surface area (Å²) in [6, 6.07) is 0. The van der Waals surface area contributed by atoms with Gasteiger partial charge in [-0.3, -0.25) is 14.2 Å². The highest BCUT2D eigenvalue weighted by Gasteiger charge is 2.21. The van der Waals surface area contributed by atoms with E-state index in [0.29, 0.717) is 23.9 Å². The van der Waals surface area contributed by atoms with Crippen molar-refractivity contribution < 1.29 is 42.1 Å². The lowest BCUT2D eigenvalue weighted by Gasteiger charge is -2.28. The maximum atomic E-state index is 12.7. The van der Waals surface area contributed by atoms with E-state index in [1.54, 1.807) is 0 Å². The van der Waals surface area contributed by atoms with Gasteiger partial charge in [0, 0.05) is 12.8 Å². The van der Waals surface area contributed by atoms with Crippen LogP contribution in [0.4, 0.5) is 0 Å². The van der Waals surface area contributed by atoms with Crippen molar-refractivity contribution in [1.29, 1.82) is 0 Å². The van der Waals surface area contributed by atoms with E-state index in [-0.39, 0.29) is 26.1 Å². The number of esters is 2.